The molecule has 0 aliphatic heterocycles. The number of hydrogen-bond acceptors (Lipinski definition) is 6. The zero-order valence-corrected chi connectivity index (χ0v) is 16.3. The summed E-state index contributed by atoms with van der Waals surface area (Å²) in [6.45, 7) is 0.518. The molecule has 2 aromatic carbocycles. The van der Waals surface area contributed by atoms with Gasteiger partial charge < -0.3 is 18.9 Å². The van der Waals surface area contributed by atoms with E-state index in [9.17, 15) is 9.65 Å². The minimum atomic E-state index is -0.314. The van der Waals surface area contributed by atoms with Crippen molar-refractivity contribution in [2.75, 3.05) is 5.32 Å². The van der Waals surface area contributed by atoms with Gasteiger partial charge in [-0.15, -0.1) is 0 Å². The normalized spacial score (nSPS) is 10.6. The molecule has 0 bridgehead atoms. The number of furan rings is 1. The average molecular weight is 424 g/mol. The van der Waals surface area contributed by atoms with Crippen LogP contribution in [-0.4, -0.2) is 4.98 Å². The second-order valence-corrected chi connectivity index (χ2v) is 6.68. The summed E-state index contributed by atoms with van der Waals surface area (Å²) in [4.78, 5) is 4.17. The average Bonchev–Trinajstić information content (AvgIpc) is 3.39. The molecule has 30 heavy (non-hydrogen) atoms. The molecule has 0 radical (unpaired) electrons. The van der Waals surface area contributed by atoms with E-state index >= 15 is 0 Å². The minimum Gasteiger partial charge on any atom is -0.484 e. The molecule has 0 saturated heterocycles. The SMILES string of the molecule is N#Cc1nc(-c2ccc(COc3ccccc3Cl)o2)oc1NCc1ccc(F)cc1. The molecule has 4 aromatic rings. The van der Waals surface area contributed by atoms with Crippen molar-refractivity contribution < 1.29 is 18.0 Å². The number of oxazole rings is 1. The van der Waals surface area contributed by atoms with Crippen molar-refractivity contribution in [3.05, 3.63) is 88.5 Å². The fourth-order valence-corrected chi connectivity index (χ4v) is 2.88. The molecule has 4 rings (SSSR count). The fraction of sp³-hybridized carbons (Fsp3) is 0.0909. The van der Waals surface area contributed by atoms with Gasteiger partial charge in [0.25, 0.3) is 5.89 Å². The highest BCUT2D eigenvalue weighted by molar-refractivity contribution is 6.32. The van der Waals surface area contributed by atoms with Gasteiger partial charge >= 0.3 is 0 Å². The topological polar surface area (TPSA) is 84.2 Å². The minimum absolute atomic E-state index is 0.0948. The van der Waals surface area contributed by atoms with Crippen LogP contribution in [0.15, 0.2) is 69.5 Å². The maximum absolute atomic E-state index is 13.0. The molecular weight excluding hydrogens is 409 g/mol. The Hall–Kier alpha value is -3.76. The number of nitriles is 1. The third-order valence-corrected chi connectivity index (χ3v) is 4.49. The summed E-state index contributed by atoms with van der Waals surface area (Å²) in [6, 6.07) is 18.5. The first kappa shape index (κ1) is 19.6. The Morgan fingerprint density at radius 2 is 1.87 bits per heavy atom. The largest absolute Gasteiger partial charge is 0.484 e. The van der Waals surface area contributed by atoms with Gasteiger partial charge in [-0.1, -0.05) is 35.9 Å². The Labute approximate surface area is 176 Å². The smallest absolute Gasteiger partial charge is 0.266 e. The summed E-state index contributed by atoms with van der Waals surface area (Å²) in [5, 5.41) is 12.8. The number of rotatable bonds is 7. The van der Waals surface area contributed by atoms with Gasteiger partial charge in [-0.2, -0.15) is 10.2 Å². The van der Waals surface area contributed by atoms with Gasteiger partial charge in [-0.3, -0.25) is 0 Å². The van der Waals surface area contributed by atoms with E-state index in [1.54, 1.807) is 36.4 Å². The van der Waals surface area contributed by atoms with Gasteiger partial charge in [0.15, 0.2) is 5.76 Å². The molecule has 2 heterocycles. The van der Waals surface area contributed by atoms with Crippen LogP contribution in [0.1, 0.15) is 17.0 Å². The maximum atomic E-state index is 13.0. The van der Waals surface area contributed by atoms with Crippen molar-refractivity contribution in [2.45, 2.75) is 13.2 Å². The highest BCUT2D eigenvalue weighted by Gasteiger charge is 2.17. The lowest BCUT2D eigenvalue weighted by molar-refractivity contribution is 0.271. The molecule has 0 atom stereocenters. The van der Waals surface area contributed by atoms with Crippen molar-refractivity contribution in [2.24, 2.45) is 0 Å². The second kappa shape index (κ2) is 8.72. The number of ether oxygens (including phenoxy) is 1. The molecule has 0 aliphatic carbocycles. The lowest BCUT2D eigenvalue weighted by Crippen LogP contribution is -1.99. The van der Waals surface area contributed by atoms with Crippen LogP contribution in [0.25, 0.3) is 11.7 Å². The number of aromatic nitrogens is 1. The zero-order chi connectivity index (χ0) is 20.9. The van der Waals surface area contributed by atoms with E-state index < -0.39 is 0 Å². The Morgan fingerprint density at radius 3 is 2.63 bits per heavy atom. The molecule has 2 aromatic heterocycles. The summed E-state index contributed by atoms with van der Waals surface area (Å²) < 4.78 is 30.0. The highest BCUT2D eigenvalue weighted by atomic mass is 35.5. The molecule has 1 N–H and O–H groups in total. The van der Waals surface area contributed by atoms with E-state index in [1.807, 2.05) is 18.2 Å². The van der Waals surface area contributed by atoms with Crippen molar-refractivity contribution in [1.82, 2.24) is 4.98 Å². The van der Waals surface area contributed by atoms with Gasteiger partial charge in [0.1, 0.15) is 30.0 Å². The summed E-state index contributed by atoms with van der Waals surface area (Å²) in [7, 11) is 0. The van der Waals surface area contributed by atoms with Crippen molar-refractivity contribution >= 4 is 17.5 Å². The van der Waals surface area contributed by atoms with Crippen molar-refractivity contribution in [3.63, 3.8) is 0 Å². The zero-order valence-electron chi connectivity index (χ0n) is 15.6. The van der Waals surface area contributed by atoms with Crippen molar-refractivity contribution in [1.29, 1.82) is 5.26 Å². The first-order valence-electron chi connectivity index (χ1n) is 8.98. The van der Waals surface area contributed by atoms with Crippen LogP contribution in [0.5, 0.6) is 5.75 Å². The van der Waals surface area contributed by atoms with Crippen LogP contribution in [-0.2, 0) is 13.2 Å². The van der Waals surface area contributed by atoms with Crippen LogP contribution in [0.3, 0.4) is 0 Å². The molecular formula is C22H15ClFN3O3. The highest BCUT2D eigenvalue weighted by Crippen LogP contribution is 2.29. The summed E-state index contributed by atoms with van der Waals surface area (Å²) in [5.74, 6) is 1.51. The Morgan fingerprint density at radius 1 is 1.07 bits per heavy atom. The molecule has 150 valence electrons. The van der Waals surface area contributed by atoms with E-state index in [0.717, 1.165) is 5.56 Å². The predicted molar refractivity (Wildman–Crippen MR) is 108 cm³/mol. The third-order valence-electron chi connectivity index (χ3n) is 4.18. The van der Waals surface area contributed by atoms with E-state index in [-0.39, 0.29) is 29.9 Å². The molecule has 0 fully saturated rings. The van der Waals surface area contributed by atoms with Gasteiger partial charge in [-0.05, 0) is 42.0 Å². The molecule has 0 amide bonds. The Kier molecular flexibility index (Phi) is 5.68. The maximum Gasteiger partial charge on any atom is 0.266 e. The number of nitrogens with one attached hydrogen (secondary N) is 1. The standard InChI is InChI=1S/C22H15ClFN3O3/c23-17-3-1-2-4-19(17)28-13-16-9-10-20(29-16)22-27-18(11-25)21(30-22)26-12-14-5-7-15(24)8-6-14/h1-10,26H,12-13H2. The van der Waals surface area contributed by atoms with Crippen LogP contribution in [0.2, 0.25) is 5.02 Å². The lowest BCUT2D eigenvalue weighted by Gasteiger charge is -2.05. The van der Waals surface area contributed by atoms with Gasteiger partial charge in [0.2, 0.25) is 11.6 Å². The summed E-state index contributed by atoms with van der Waals surface area (Å²) in [6.07, 6.45) is 0. The van der Waals surface area contributed by atoms with Gasteiger partial charge in [0, 0.05) is 6.54 Å². The number of halogens is 2. The molecule has 0 unspecified atom stereocenters. The molecule has 8 heteroatoms. The van der Waals surface area contributed by atoms with Gasteiger partial charge in [-0.25, -0.2) is 4.39 Å². The summed E-state index contributed by atoms with van der Waals surface area (Å²) >= 11 is 6.07. The second-order valence-electron chi connectivity index (χ2n) is 6.27. The van der Waals surface area contributed by atoms with Crippen molar-refractivity contribution in [3.8, 4) is 23.5 Å². The monoisotopic (exact) mass is 423 g/mol. The number of nitrogens with zero attached hydrogens (tertiary/aromatic N) is 2. The molecule has 6 nitrogen and oxygen atoms in total. The van der Waals surface area contributed by atoms with Crippen LogP contribution < -0.4 is 10.1 Å². The molecule has 0 aliphatic rings. The van der Waals surface area contributed by atoms with Crippen LogP contribution >= 0.6 is 11.6 Å². The first-order chi connectivity index (χ1) is 14.6. The third kappa shape index (κ3) is 4.45. The first-order valence-corrected chi connectivity index (χ1v) is 9.36. The number of anilines is 1. The fourth-order valence-electron chi connectivity index (χ4n) is 2.69. The Bertz CT molecular complexity index is 1200. The van der Waals surface area contributed by atoms with Crippen LogP contribution in [0, 0.1) is 17.1 Å². The van der Waals surface area contributed by atoms with Gasteiger partial charge in [0.05, 0.1) is 5.02 Å². The van der Waals surface area contributed by atoms with E-state index in [1.165, 1.54) is 12.1 Å². The number of para-hydroxylation sites is 1. The van der Waals surface area contributed by atoms with E-state index in [2.05, 4.69) is 10.3 Å². The number of hydrogen-bond donors (Lipinski definition) is 1. The van der Waals surface area contributed by atoms with Crippen LogP contribution in [0.4, 0.5) is 10.3 Å². The number of benzene rings is 2. The van der Waals surface area contributed by atoms with E-state index in [0.29, 0.717) is 28.8 Å². The predicted octanol–water partition coefficient (Wildman–Crippen LogP) is 5.79. The summed E-state index contributed by atoms with van der Waals surface area (Å²) in [5.41, 5.74) is 0.924. The Balaban J connectivity index is 1.45. The molecule has 0 spiro atoms. The lowest BCUT2D eigenvalue weighted by atomic mass is 10.2. The van der Waals surface area contributed by atoms with E-state index in [4.69, 9.17) is 25.2 Å². The molecule has 0 saturated carbocycles. The quantitative estimate of drug-likeness (QED) is 0.405.